The molecule has 1 aromatic rings. The van der Waals surface area contributed by atoms with E-state index in [9.17, 15) is 10.1 Å². The van der Waals surface area contributed by atoms with Gasteiger partial charge in [0.25, 0.3) is 5.91 Å². The molecule has 0 spiro atoms. The van der Waals surface area contributed by atoms with Crippen molar-refractivity contribution in [2.24, 2.45) is 5.92 Å². The highest BCUT2D eigenvalue weighted by atomic mass is 79.9. The number of nitrogens with one attached hydrogen (secondary N) is 1. The van der Waals surface area contributed by atoms with Crippen LogP contribution in [0.2, 0.25) is 5.02 Å². The Balaban J connectivity index is 2.07. The van der Waals surface area contributed by atoms with E-state index in [0.29, 0.717) is 10.6 Å². The summed E-state index contributed by atoms with van der Waals surface area (Å²) < 4.78 is 0.751. The first kappa shape index (κ1) is 15.3. The summed E-state index contributed by atoms with van der Waals surface area (Å²) >= 11 is 9.25. The molecule has 1 fully saturated rings. The highest BCUT2D eigenvalue weighted by Gasteiger charge is 2.25. The second-order valence-corrected chi connectivity index (χ2v) is 6.49. The van der Waals surface area contributed by atoms with E-state index in [1.165, 1.54) is 6.42 Å². The molecule has 0 aromatic heterocycles. The Bertz CT molecular complexity index is 515. The molecule has 1 unspecified atom stereocenters. The van der Waals surface area contributed by atoms with Crippen molar-refractivity contribution in [3.05, 3.63) is 33.3 Å². The molecule has 0 saturated heterocycles. The maximum Gasteiger partial charge on any atom is 0.252 e. The second kappa shape index (κ2) is 7.10. The third-order valence-electron chi connectivity index (χ3n) is 3.67. The number of halogens is 2. The van der Waals surface area contributed by atoms with E-state index in [1.807, 2.05) is 0 Å². The van der Waals surface area contributed by atoms with Crippen LogP contribution in [0.15, 0.2) is 22.7 Å². The van der Waals surface area contributed by atoms with E-state index < -0.39 is 6.04 Å². The van der Waals surface area contributed by atoms with Crippen LogP contribution >= 0.6 is 27.5 Å². The maximum absolute atomic E-state index is 12.2. The third-order valence-corrected chi connectivity index (χ3v) is 4.35. The fraction of sp³-hybridized carbons (Fsp3) is 0.467. The average Bonchev–Trinajstić information content (AvgIpc) is 2.44. The molecular weight excluding hydrogens is 340 g/mol. The zero-order valence-corrected chi connectivity index (χ0v) is 13.4. The van der Waals surface area contributed by atoms with Gasteiger partial charge in [0, 0.05) is 15.1 Å². The van der Waals surface area contributed by atoms with Crippen molar-refractivity contribution in [2.45, 2.75) is 38.1 Å². The molecule has 0 heterocycles. The minimum Gasteiger partial charge on any atom is -0.336 e. The molecule has 1 atom stereocenters. The van der Waals surface area contributed by atoms with Crippen molar-refractivity contribution in [1.29, 1.82) is 5.26 Å². The summed E-state index contributed by atoms with van der Waals surface area (Å²) in [7, 11) is 0. The van der Waals surface area contributed by atoms with E-state index in [-0.39, 0.29) is 11.8 Å². The Labute approximate surface area is 132 Å². The number of hydrogen-bond acceptors (Lipinski definition) is 2. The number of carbonyl (C=O) groups excluding carboxylic acids is 1. The summed E-state index contributed by atoms with van der Waals surface area (Å²) in [4.78, 5) is 12.2. The molecule has 1 N–H and O–H groups in total. The largest absolute Gasteiger partial charge is 0.336 e. The van der Waals surface area contributed by atoms with Gasteiger partial charge in [-0.15, -0.1) is 0 Å². The zero-order chi connectivity index (χ0) is 14.5. The molecule has 1 aromatic carbocycles. The summed E-state index contributed by atoms with van der Waals surface area (Å²) in [6, 6.07) is 6.85. The number of hydrogen-bond donors (Lipinski definition) is 1. The first-order valence-corrected chi connectivity index (χ1v) is 7.94. The summed E-state index contributed by atoms with van der Waals surface area (Å²) in [5.74, 6) is 0.0191. The molecule has 20 heavy (non-hydrogen) atoms. The molecule has 0 radical (unpaired) electrons. The Kier molecular flexibility index (Phi) is 5.45. The second-order valence-electron chi connectivity index (χ2n) is 5.14. The molecular formula is C15H16BrClN2O. The average molecular weight is 356 g/mol. The van der Waals surface area contributed by atoms with E-state index in [4.69, 9.17) is 11.6 Å². The maximum atomic E-state index is 12.2. The van der Waals surface area contributed by atoms with Crippen molar-refractivity contribution in [1.82, 2.24) is 5.32 Å². The van der Waals surface area contributed by atoms with E-state index in [0.717, 1.165) is 30.2 Å². The van der Waals surface area contributed by atoms with Gasteiger partial charge >= 0.3 is 0 Å². The van der Waals surface area contributed by atoms with E-state index in [2.05, 4.69) is 27.3 Å². The zero-order valence-electron chi connectivity index (χ0n) is 11.0. The monoisotopic (exact) mass is 354 g/mol. The first-order valence-electron chi connectivity index (χ1n) is 6.76. The molecule has 1 aliphatic carbocycles. The summed E-state index contributed by atoms with van der Waals surface area (Å²) in [5.41, 5.74) is 0.473. The van der Waals surface area contributed by atoms with Gasteiger partial charge in [-0.25, -0.2) is 0 Å². The van der Waals surface area contributed by atoms with Crippen molar-refractivity contribution < 1.29 is 4.79 Å². The quantitative estimate of drug-likeness (QED) is 0.878. The summed E-state index contributed by atoms with van der Waals surface area (Å²) in [6.07, 6.45) is 5.53. The van der Waals surface area contributed by atoms with Crippen LogP contribution in [0.3, 0.4) is 0 Å². The predicted octanol–water partition coefficient (Wildman–Crippen LogP) is 4.30. The van der Waals surface area contributed by atoms with Gasteiger partial charge in [-0.1, -0.05) is 46.8 Å². The first-order chi connectivity index (χ1) is 9.60. The van der Waals surface area contributed by atoms with Crippen LogP contribution in [0.4, 0.5) is 0 Å². The summed E-state index contributed by atoms with van der Waals surface area (Å²) in [5, 5.41) is 12.6. The number of rotatable bonds is 3. The Morgan fingerprint density at radius 3 is 2.65 bits per heavy atom. The molecule has 1 aliphatic rings. The van der Waals surface area contributed by atoms with Gasteiger partial charge in [0.2, 0.25) is 0 Å². The summed E-state index contributed by atoms with van der Waals surface area (Å²) in [6.45, 7) is 0. The fourth-order valence-corrected chi connectivity index (χ4v) is 3.49. The number of carbonyl (C=O) groups is 1. The highest BCUT2D eigenvalue weighted by molar-refractivity contribution is 9.10. The lowest BCUT2D eigenvalue weighted by atomic mass is 9.84. The van der Waals surface area contributed by atoms with Gasteiger partial charge in [0.05, 0.1) is 6.07 Å². The lowest BCUT2D eigenvalue weighted by Crippen LogP contribution is -2.40. The normalized spacial score (nSPS) is 17.2. The minimum absolute atomic E-state index is 0.245. The lowest BCUT2D eigenvalue weighted by molar-refractivity contribution is 0.0929. The van der Waals surface area contributed by atoms with Crippen molar-refractivity contribution >= 4 is 33.4 Å². The SMILES string of the molecule is N#CC(NC(=O)c1cc(Cl)cc(Br)c1)C1CCCCC1. The van der Waals surface area contributed by atoms with Crippen LogP contribution in [0.5, 0.6) is 0 Å². The van der Waals surface area contributed by atoms with Crippen LogP contribution in [-0.4, -0.2) is 11.9 Å². The Morgan fingerprint density at radius 1 is 1.35 bits per heavy atom. The molecule has 1 amide bonds. The standard InChI is InChI=1S/C15H16BrClN2O/c16-12-6-11(7-13(17)8-12)15(20)19-14(9-18)10-4-2-1-3-5-10/h6-8,10,14H,1-5H2,(H,19,20). The van der Waals surface area contributed by atoms with Crippen LogP contribution < -0.4 is 5.32 Å². The van der Waals surface area contributed by atoms with Gasteiger partial charge in [0.1, 0.15) is 6.04 Å². The van der Waals surface area contributed by atoms with Crippen molar-refractivity contribution in [2.75, 3.05) is 0 Å². The van der Waals surface area contributed by atoms with Gasteiger partial charge in [-0.05, 0) is 37.0 Å². The van der Waals surface area contributed by atoms with Gasteiger partial charge in [0.15, 0.2) is 0 Å². The highest BCUT2D eigenvalue weighted by Crippen LogP contribution is 2.26. The number of nitrogens with zero attached hydrogens (tertiary/aromatic N) is 1. The number of benzene rings is 1. The van der Waals surface area contributed by atoms with E-state index in [1.54, 1.807) is 18.2 Å². The van der Waals surface area contributed by atoms with Crippen LogP contribution in [0.1, 0.15) is 42.5 Å². The topological polar surface area (TPSA) is 52.9 Å². The molecule has 0 bridgehead atoms. The molecule has 0 aliphatic heterocycles. The molecule has 5 heteroatoms. The predicted molar refractivity (Wildman–Crippen MR) is 82.6 cm³/mol. The number of amides is 1. The molecule has 3 nitrogen and oxygen atoms in total. The Morgan fingerprint density at radius 2 is 2.05 bits per heavy atom. The van der Waals surface area contributed by atoms with E-state index >= 15 is 0 Å². The third kappa shape index (κ3) is 3.97. The molecule has 1 saturated carbocycles. The van der Waals surface area contributed by atoms with Crippen LogP contribution in [0.25, 0.3) is 0 Å². The van der Waals surface area contributed by atoms with Crippen LogP contribution in [-0.2, 0) is 0 Å². The smallest absolute Gasteiger partial charge is 0.252 e. The van der Waals surface area contributed by atoms with Gasteiger partial charge < -0.3 is 5.32 Å². The lowest BCUT2D eigenvalue weighted by Gasteiger charge is -2.26. The Hall–Kier alpha value is -1.05. The fourth-order valence-electron chi connectivity index (χ4n) is 2.63. The molecule has 2 rings (SSSR count). The number of nitriles is 1. The van der Waals surface area contributed by atoms with Gasteiger partial charge in [-0.2, -0.15) is 5.26 Å². The molecule has 106 valence electrons. The minimum atomic E-state index is -0.416. The van der Waals surface area contributed by atoms with Crippen molar-refractivity contribution in [3.8, 4) is 6.07 Å². The van der Waals surface area contributed by atoms with Crippen molar-refractivity contribution in [3.63, 3.8) is 0 Å². The van der Waals surface area contributed by atoms with Gasteiger partial charge in [-0.3, -0.25) is 4.79 Å². The van der Waals surface area contributed by atoms with Crippen LogP contribution in [0, 0.1) is 17.2 Å².